The molecule has 0 aliphatic rings. The Kier molecular flexibility index (Phi) is 3.47. The normalized spacial score (nSPS) is 10.7. The summed E-state index contributed by atoms with van der Waals surface area (Å²) in [6.45, 7) is 0. The number of rotatable bonds is 2. The van der Waals surface area contributed by atoms with Crippen molar-refractivity contribution in [3.05, 3.63) is 57.8 Å². The summed E-state index contributed by atoms with van der Waals surface area (Å²) in [4.78, 5) is 4.62. The van der Waals surface area contributed by atoms with Crippen molar-refractivity contribution < 1.29 is 0 Å². The SMILES string of the molecule is N#CCc1c(-c2ccc(Cl)cc2)nc2ccc(Br)cn12. The van der Waals surface area contributed by atoms with Gasteiger partial charge in [-0.05, 0) is 40.2 Å². The molecule has 20 heavy (non-hydrogen) atoms. The lowest BCUT2D eigenvalue weighted by atomic mass is 10.1. The highest BCUT2D eigenvalue weighted by molar-refractivity contribution is 9.10. The molecular weight excluding hydrogens is 338 g/mol. The van der Waals surface area contributed by atoms with Crippen molar-refractivity contribution in [2.45, 2.75) is 6.42 Å². The summed E-state index contributed by atoms with van der Waals surface area (Å²) in [6, 6.07) is 13.5. The molecule has 0 spiro atoms. The highest BCUT2D eigenvalue weighted by atomic mass is 79.9. The molecule has 0 fully saturated rings. The molecule has 2 heterocycles. The molecule has 0 atom stereocenters. The Hall–Kier alpha value is -1.83. The molecule has 3 aromatic rings. The van der Waals surface area contributed by atoms with Crippen molar-refractivity contribution in [1.29, 1.82) is 5.26 Å². The van der Waals surface area contributed by atoms with Crippen molar-refractivity contribution in [1.82, 2.24) is 9.38 Å². The van der Waals surface area contributed by atoms with E-state index in [9.17, 15) is 0 Å². The lowest BCUT2D eigenvalue weighted by molar-refractivity contribution is 1.05. The molecule has 1 aromatic carbocycles. The number of hydrogen-bond donors (Lipinski definition) is 0. The van der Waals surface area contributed by atoms with Gasteiger partial charge in [0.1, 0.15) is 5.65 Å². The fraction of sp³-hybridized carbons (Fsp3) is 0.0667. The van der Waals surface area contributed by atoms with E-state index >= 15 is 0 Å². The van der Waals surface area contributed by atoms with Crippen LogP contribution in [0.2, 0.25) is 5.02 Å². The number of nitriles is 1. The standard InChI is InChI=1S/C15H9BrClN3/c16-11-3-6-14-19-15(10-1-4-12(17)5-2-10)13(7-8-18)20(14)9-11/h1-6,9H,7H2. The van der Waals surface area contributed by atoms with Crippen LogP contribution in [0.5, 0.6) is 0 Å². The van der Waals surface area contributed by atoms with Crippen LogP contribution in [0.4, 0.5) is 0 Å². The molecule has 2 aromatic heterocycles. The van der Waals surface area contributed by atoms with Gasteiger partial charge < -0.3 is 4.40 Å². The predicted molar refractivity (Wildman–Crippen MR) is 82.7 cm³/mol. The Labute approximate surface area is 129 Å². The van der Waals surface area contributed by atoms with Gasteiger partial charge in [-0.1, -0.05) is 23.7 Å². The number of aromatic nitrogens is 2. The van der Waals surface area contributed by atoms with Gasteiger partial charge in [-0.15, -0.1) is 0 Å². The third-order valence-electron chi connectivity index (χ3n) is 3.05. The Morgan fingerprint density at radius 1 is 1.20 bits per heavy atom. The van der Waals surface area contributed by atoms with E-state index in [0.717, 1.165) is 27.1 Å². The molecule has 5 heteroatoms. The van der Waals surface area contributed by atoms with Crippen LogP contribution in [-0.4, -0.2) is 9.38 Å². The minimum absolute atomic E-state index is 0.301. The van der Waals surface area contributed by atoms with E-state index < -0.39 is 0 Å². The molecule has 0 aliphatic carbocycles. The van der Waals surface area contributed by atoms with Crippen molar-refractivity contribution >= 4 is 33.2 Å². The van der Waals surface area contributed by atoms with Gasteiger partial charge >= 0.3 is 0 Å². The van der Waals surface area contributed by atoms with Crippen LogP contribution in [0.1, 0.15) is 5.69 Å². The lowest BCUT2D eigenvalue weighted by Crippen LogP contribution is -1.93. The summed E-state index contributed by atoms with van der Waals surface area (Å²) in [5, 5.41) is 9.74. The van der Waals surface area contributed by atoms with Crippen LogP contribution in [0.25, 0.3) is 16.9 Å². The van der Waals surface area contributed by atoms with Gasteiger partial charge in [0.15, 0.2) is 0 Å². The number of halogens is 2. The van der Waals surface area contributed by atoms with Gasteiger partial charge in [0.2, 0.25) is 0 Å². The molecule has 0 saturated carbocycles. The first-order valence-electron chi connectivity index (χ1n) is 5.98. The molecule has 0 bridgehead atoms. The fourth-order valence-electron chi connectivity index (χ4n) is 2.15. The maximum Gasteiger partial charge on any atom is 0.137 e. The first-order valence-corrected chi connectivity index (χ1v) is 7.15. The topological polar surface area (TPSA) is 41.1 Å². The third-order valence-corrected chi connectivity index (χ3v) is 3.77. The Morgan fingerprint density at radius 3 is 2.65 bits per heavy atom. The summed E-state index contributed by atoms with van der Waals surface area (Å²) < 4.78 is 2.89. The van der Waals surface area contributed by atoms with Crippen molar-refractivity contribution in [2.24, 2.45) is 0 Å². The smallest absolute Gasteiger partial charge is 0.137 e. The minimum atomic E-state index is 0.301. The molecule has 98 valence electrons. The maximum absolute atomic E-state index is 9.06. The van der Waals surface area contributed by atoms with E-state index in [2.05, 4.69) is 27.0 Å². The second-order valence-electron chi connectivity index (χ2n) is 4.32. The minimum Gasteiger partial charge on any atom is -0.301 e. The van der Waals surface area contributed by atoms with Crippen LogP contribution in [0, 0.1) is 11.3 Å². The zero-order valence-corrected chi connectivity index (χ0v) is 12.7. The number of nitrogens with zero attached hydrogens (tertiary/aromatic N) is 3. The summed E-state index contributed by atoms with van der Waals surface area (Å²) in [5.41, 5.74) is 3.48. The van der Waals surface area contributed by atoms with Gasteiger partial charge in [0.05, 0.1) is 23.9 Å². The highest BCUT2D eigenvalue weighted by Crippen LogP contribution is 2.27. The van der Waals surface area contributed by atoms with Crippen molar-refractivity contribution in [3.63, 3.8) is 0 Å². The second kappa shape index (κ2) is 5.28. The maximum atomic E-state index is 9.06. The third kappa shape index (κ3) is 2.31. The quantitative estimate of drug-likeness (QED) is 0.686. The van der Waals surface area contributed by atoms with Gasteiger partial charge in [-0.3, -0.25) is 0 Å². The average Bonchev–Trinajstić information content (AvgIpc) is 2.79. The average molecular weight is 347 g/mol. The summed E-state index contributed by atoms with van der Waals surface area (Å²) in [5.74, 6) is 0. The van der Waals surface area contributed by atoms with E-state index in [4.69, 9.17) is 16.9 Å². The van der Waals surface area contributed by atoms with Crippen molar-refractivity contribution in [3.8, 4) is 17.3 Å². The van der Waals surface area contributed by atoms with Gasteiger partial charge in [0.25, 0.3) is 0 Å². The van der Waals surface area contributed by atoms with Crippen molar-refractivity contribution in [2.75, 3.05) is 0 Å². The highest BCUT2D eigenvalue weighted by Gasteiger charge is 2.13. The first-order chi connectivity index (χ1) is 9.69. The number of pyridine rings is 1. The van der Waals surface area contributed by atoms with Gasteiger partial charge in [0, 0.05) is 21.3 Å². The molecule has 0 amide bonds. The van der Waals surface area contributed by atoms with Crippen LogP contribution >= 0.6 is 27.5 Å². The number of hydrogen-bond acceptors (Lipinski definition) is 2. The zero-order chi connectivity index (χ0) is 14.1. The summed E-state index contributed by atoms with van der Waals surface area (Å²) in [6.07, 6.45) is 2.23. The van der Waals surface area contributed by atoms with Crippen LogP contribution in [0.3, 0.4) is 0 Å². The van der Waals surface area contributed by atoms with Crippen LogP contribution in [0.15, 0.2) is 47.1 Å². The van der Waals surface area contributed by atoms with E-state index in [0.29, 0.717) is 11.4 Å². The van der Waals surface area contributed by atoms with Gasteiger partial charge in [-0.2, -0.15) is 5.26 Å². The second-order valence-corrected chi connectivity index (χ2v) is 5.68. The molecule has 0 N–H and O–H groups in total. The largest absolute Gasteiger partial charge is 0.301 e. The zero-order valence-electron chi connectivity index (χ0n) is 10.3. The monoisotopic (exact) mass is 345 g/mol. The molecule has 3 nitrogen and oxygen atoms in total. The first kappa shape index (κ1) is 13.2. The molecular formula is C15H9BrClN3. The van der Waals surface area contributed by atoms with Crippen LogP contribution in [-0.2, 0) is 6.42 Å². The predicted octanol–water partition coefficient (Wildman–Crippen LogP) is 4.48. The van der Waals surface area contributed by atoms with E-state index in [1.807, 2.05) is 47.0 Å². The Balaban J connectivity index is 2.26. The summed E-state index contributed by atoms with van der Waals surface area (Å²) >= 11 is 9.36. The van der Waals surface area contributed by atoms with E-state index in [1.165, 1.54) is 0 Å². The molecule has 3 rings (SSSR count). The number of fused-ring (bicyclic) bond motifs is 1. The number of imidazole rings is 1. The fourth-order valence-corrected chi connectivity index (χ4v) is 2.61. The number of benzene rings is 1. The van der Waals surface area contributed by atoms with E-state index in [-0.39, 0.29) is 0 Å². The van der Waals surface area contributed by atoms with E-state index in [1.54, 1.807) is 0 Å². The van der Waals surface area contributed by atoms with Crippen LogP contribution < -0.4 is 0 Å². The molecule has 0 unspecified atom stereocenters. The summed E-state index contributed by atoms with van der Waals surface area (Å²) in [7, 11) is 0. The molecule has 0 radical (unpaired) electrons. The Morgan fingerprint density at radius 2 is 1.95 bits per heavy atom. The molecule has 0 aliphatic heterocycles. The molecule has 0 saturated heterocycles. The lowest BCUT2D eigenvalue weighted by Gasteiger charge is -2.02. The van der Waals surface area contributed by atoms with Gasteiger partial charge in [-0.25, -0.2) is 4.98 Å². The Bertz CT molecular complexity index is 815.